The fraction of sp³-hybridized carbons (Fsp3) is 0.412. The predicted octanol–water partition coefficient (Wildman–Crippen LogP) is 2.27. The molecule has 0 aliphatic carbocycles. The topological polar surface area (TPSA) is 82.2 Å². The standard InChI is InChI=1S/C17H22N2O3S/c1-11(2)6-14-7-12(8-15(20)19-14)16(21)18-10-17(3,22)13-4-5-23-9-13/h4-5,7-9,11,22H,6,10H2,1-3H3,(H,18,21)(H,19,20). The number of H-pyrrole nitrogens is 1. The predicted molar refractivity (Wildman–Crippen MR) is 91.8 cm³/mol. The Hall–Kier alpha value is -1.92. The number of nitrogens with one attached hydrogen (secondary N) is 2. The van der Waals surface area contributed by atoms with E-state index < -0.39 is 5.60 Å². The molecule has 5 nitrogen and oxygen atoms in total. The average Bonchev–Trinajstić information content (AvgIpc) is 2.98. The molecular formula is C17H22N2O3S. The van der Waals surface area contributed by atoms with Crippen LogP contribution in [0.5, 0.6) is 0 Å². The van der Waals surface area contributed by atoms with Crippen molar-refractivity contribution in [3.05, 3.63) is 56.1 Å². The summed E-state index contributed by atoms with van der Waals surface area (Å²) in [4.78, 5) is 26.7. The summed E-state index contributed by atoms with van der Waals surface area (Å²) in [5, 5.41) is 16.8. The van der Waals surface area contributed by atoms with Crippen molar-refractivity contribution >= 4 is 17.2 Å². The molecule has 0 aromatic carbocycles. The van der Waals surface area contributed by atoms with Gasteiger partial charge in [-0.15, -0.1) is 0 Å². The van der Waals surface area contributed by atoms with Crippen LogP contribution in [0.3, 0.4) is 0 Å². The normalized spacial score (nSPS) is 13.8. The number of rotatable bonds is 6. The first kappa shape index (κ1) is 17.4. The monoisotopic (exact) mass is 334 g/mol. The Morgan fingerprint density at radius 3 is 2.78 bits per heavy atom. The largest absolute Gasteiger partial charge is 0.384 e. The fourth-order valence-electron chi connectivity index (χ4n) is 2.31. The third-order valence-electron chi connectivity index (χ3n) is 3.53. The van der Waals surface area contributed by atoms with Crippen LogP contribution < -0.4 is 10.9 Å². The van der Waals surface area contributed by atoms with E-state index >= 15 is 0 Å². The van der Waals surface area contributed by atoms with Gasteiger partial charge in [0.15, 0.2) is 0 Å². The number of pyridine rings is 1. The van der Waals surface area contributed by atoms with E-state index in [0.717, 1.165) is 11.3 Å². The molecule has 0 saturated heterocycles. The molecule has 2 heterocycles. The van der Waals surface area contributed by atoms with Crippen LogP contribution in [0.4, 0.5) is 0 Å². The van der Waals surface area contributed by atoms with Gasteiger partial charge in [0.1, 0.15) is 5.60 Å². The van der Waals surface area contributed by atoms with Crippen molar-refractivity contribution in [3.63, 3.8) is 0 Å². The molecule has 0 aliphatic heterocycles. The molecule has 0 spiro atoms. The van der Waals surface area contributed by atoms with Gasteiger partial charge >= 0.3 is 0 Å². The summed E-state index contributed by atoms with van der Waals surface area (Å²) in [6.07, 6.45) is 0.697. The van der Waals surface area contributed by atoms with Gasteiger partial charge in [-0.05, 0) is 47.7 Å². The van der Waals surface area contributed by atoms with E-state index in [4.69, 9.17) is 0 Å². The molecule has 0 aliphatic rings. The summed E-state index contributed by atoms with van der Waals surface area (Å²) in [6.45, 7) is 5.82. The zero-order valence-corrected chi connectivity index (χ0v) is 14.4. The molecule has 3 N–H and O–H groups in total. The highest BCUT2D eigenvalue weighted by Gasteiger charge is 2.24. The highest BCUT2D eigenvalue weighted by molar-refractivity contribution is 7.08. The third kappa shape index (κ3) is 4.77. The lowest BCUT2D eigenvalue weighted by atomic mass is 9.99. The van der Waals surface area contributed by atoms with Crippen LogP contribution in [-0.4, -0.2) is 22.5 Å². The molecule has 0 fully saturated rings. The molecule has 0 radical (unpaired) electrons. The van der Waals surface area contributed by atoms with Crippen LogP contribution in [0.2, 0.25) is 0 Å². The van der Waals surface area contributed by atoms with Crippen LogP contribution in [0, 0.1) is 5.92 Å². The van der Waals surface area contributed by atoms with Crippen LogP contribution in [0.25, 0.3) is 0 Å². The number of hydrogen-bond donors (Lipinski definition) is 3. The summed E-state index contributed by atoms with van der Waals surface area (Å²) in [7, 11) is 0. The number of hydrogen-bond acceptors (Lipinski definition) is 4. The molecule has 124 valence electrons. The van der Waals surface area contributed by atoms with Crippen LogP contribution >= 0.6 is 11.3 Å². The van der Waals surface area contributed by atoms with Crippen molar-refractivity contribution in [2.45, 2.75) is 32.8 Å². The third-order valence-corrected chi connectivity index (χ3v) is 4.21. The van der Waals surface area contributed by atoms with Crippen LogP contribution in [0.15, 0.2) is 33.8 Å². The van der Waals surface area contributed by atoms with Gasteiger partial charge in [0, 0.05) is 17.3 Å². The van der Waals surface area contributed by atoms with Gasteiger partial charge in [-0.3, -0.25) is 9.59 Å². The lowest BCUT2D eigenvalue weighted by Crippen LogP contribution is -2.38. The van der Waals surface area contributed by atoms with Crippen molar-refractivity contribution in [2.24, 2.45) is 5.92 Å². The van der Waals surface area contributed by atoms with E-state index in [1.165, 1.54) is 17.4 Å². The molecule has 1 amide bonds. The SMILES string of the molecule is CC(C)Cc1cc(C(=O)NCC(C)(O)c2ccsc2)cc(=O)[nH]1. The van der Waals surface area contributed by atoms with Crippen molar-refractivity contribution in [2.75, 3.05) is 6.54 Å². The van der Waals surface area contributed by atoms with E-state index in [2.05, 4.69) is 10.3 Å². The first-order valence-corrected chi connectivity index (χ1v) is 8.49. The molecule has 23 heavy (non-hydrogen) atoms. The van der Waals surface area contributed by atoms with Gasteiger partial charge in [-0.1, -0.05) is 13.8 Å². The molecule has 2 aromatic rings. The number of carbonyl (C=O) groups excluding carboxylic acids is 1. The maximum absolute atomic E-state index is 12.3. The summed E-state index contributed by atoms with van der Waals surface area (Å²) < 4.78 is 0. The highest BCUT2D eigenvalue weighted by Crippen LogP contribution is 2.22. The summed E-state index contributed by atoms with van der Waals surface area (Å²) in [5.74, 6) is 0.0138. The first-order chi connectivity index (χ1) is 10.8. The zero-order chi connectivity index (χ0) is 17.0. The number of thiophene rings is 1. The van der Waals surface area contributed by atoms with Gasteiger partial charge in [0.25, 0.3) is 5.91 Å². The molecule has 1 atom stereocenters. The van der Waals surface area contributed by atoms with E-state index in [-0.39, 0.29) is 18.0 Å². The van der Waals surface area contributed by atoms with Crippen molar-refractivity contribution < 1.29 is 9.90 Å². The van der Waals surface area contributed by atoms with Gasteiger partial charge in [0.2, 0.25) is 5.56 Å². The number of amides is 1. The van der Waals surface area contributed by atoms with E-state index in [9.17, 15) is 14.7 Å². The maximum Gasteiger partial charge on any atom is 0.251 e. The molecular weight excluding hydrogens is 312 g/mol. The van der Waals surface area contributed by atoms with Gasteiger partial charge in [-0.25, -0.2) is 0 Å². The second kappa shape index (κ2) is 7.10. The van der Waals surface area contributed by atoms with Crippen molar-refractivity contribution in [3.8, 4) is 0 Å². The molecule has 0 saturated carbocycles. The maximum atomic E-state index is 12.3. The molecule has 6 heteroatoms. The van der Waals surface area contributed by atoms with Gasteiger partial charge in [-0.2, -0.15) is 11.3 Å². The van der Waals surface area contributed by atoms with Crippen LogP contribution in [-0.2, 0) is 12.0 Å². The van der Waals surface area contributed by atoms with Crippen molar-refractivity contribution in [1.29, 1.82) is 0 Å². The Bertz CT molecular complexity index is 718. The first-order valence-electron chi connectivity index (χ1n) is 7.54. The highest BCUT2D eigenvalue weighted by atomic mass is 32.1. The van der Waals surface area contributed by atoms with Crippen LogP contribution in [0.1, 0.15) is 42.4 Å². The number of carbonyl (C=O) groups is 1. The summed E-state index contributed by atoms with van der Waals surface area (Å²) >= 11 is 1.49. The minimum absolute atomic E-state index is 0.0783. The lowest BCUT2D eigenvalue weighted by molar-refractivity contribution is 0.0530. The Kier molecular flexibility index (Phi) is 5.38. The second-order valence-electron chi connectivity index (χ2n) is 6.33. The molecule has 1 unspecified atom stereocenters. The Morgan fingerprint density at radius 1 is 1.43 bits per heavy atom. The van der Waals surface area contributed by atoms with Crippen molar-refractivity contribution in [1.82, 2.24) is 10.3 Å². The summed E-state index contributed by atoms with van der Waals surface area (Å²) in [5.41, 5.74) is 0.373. The number of aromatic nitrogens is 1. The number of aliphatic hydroxyl groups is 1. The Labute approximate surface area is 139 Å². The van der Waals surface area contributed by atoms with E-state index in [1.54, 1.807) is 13.0 Å². The molecule has 2 aromatic heterocycles. The molecule has 2 rings (SSSR count). The quantitative estimate of drug-likeness (QED) is 0.758. The zero-order valence-electron chi connectivity index (χ0n) is 13.6. The van der Waals surface area contributed by atoms with E-state index in [1.807, 2.05) is 30.7 Å². The van der Waals surface area contributed by atoms with E-state index in [0.29, 0.717) is 17.9 Å². The number of aromatic amines is 1. The smallest absolute Gasteiger partial charge is 0.251 e. The Balaban J connectivity index is 2.09. The Morgan fingerprint density at radius 2 is 2.17 bits per heavy atom. The minimum Gasteiger partial charge on any atom is -0.384 e. The molecule has 0 bridgehead atoms. The summed E-state index contributed by atoms with van der Waals surface area (Å²) in [6, 6.07) is 4.79. The van der Waals surface area contributed by atoms with Gasteiger partial charge in [0.05, 0.1) is 6.54 Å². The lowest BCUT2D eigenvalue weighted by Gasteiger charge is -2.22. The minimum atomic E-state index is -1.14. The second-order valence-corrected chi connectivity index (χ2v) is 7.11. The van der Waals surface area contributed by atoms with Gasteiger partial charge < -0.3 is 15.4 Å². The fourth-order valence-corrected chi connectivity index (χ4v) is 3.09. The average molecular weight is 334 g/mol.